The second kappa shape index (κ2) is 6.59. The van der Waals surface area contributed by atoms with Crippen molar-refractivity contribution in [1.29, 1.82) is 0 Å². The van der Waals surface area contributed by atoms with Gasteiger partial charge in [-0.25, -0.2) is 4.98 Å². The Hall–Kier alpha value is -1.52. The molecule has 0 amide bonds. The van der Waals surface area contributed by atoms with Gasteiger partial charge in [-0.05, 0) is 17.7 Å². The molecule has 19 heavy (non-hydrogen) atoms. The Balaban J connectivity index is 2.19. The zero-order chi connectivity index (χ0) is 13.7. The largest absolute Gasteiger partial charge is 0.481 e. The van der Waals surface area contributed by atoms with Crippen molar-refractivity contribution in [3.63, 3.8) is 0 Å². The Bertz CT molecular complexity index is 545. The Morgan fingerprint density at radius 1 is 1.26 bits per heavy atom. The van der Waals surface area contributed by atoms with Crippen molar-refractivity contribution in [2.24, 2.45) is 0 Å². The number of hydrogen-bond donors (Lipinski definition) is 1. The molecule has 2 rings (SSSR count). The summed E-state index contributed by atoms with van der Waals surface area (Å²) in [5.41, 5.74) is 0.978. The predicted molar refractivity (Wildman–Crippen MR) is 76.5 cm³/mol. The maximum Gasteiger partial charge on any atom is 0.304 e. The topological polar surface area (TPSA) is 50.2 Å². The van der Waals surface area contributed by atoms with Crippen molar-refractivity contribution in [3.8, 4) is 0 Å². The zero-order valence-corrected chi connectivity index (χ0v) is 11.6. The molecule has 0 saturated carbocycles. The van der Waals surface area contributed by atoms with Crippen molar-refractivity contribution in [3.05, 3.63) is 59.2 Å². The molecule has 0 fully saturated rings. The molecule has 0 saturated heterocycles. The minimum atomic E-state index is -0.824. The number of carboxylic acids is 1. The van der Waals surface area contributed by atoms with Gasteiger partial charge in [0.2, 0.25) is 0 Å². The Morgan fingerprint density at radius 3 is 2.58 bits per heavy atom. The van der Waals surface area contributed by atoms with Crippen LogP contribution in [0.4, 0.5) is 0 Å². The molecule has 1 unspecified atom stereocenters. The fourth-order valence-electron chi connectivity index (χ4n) is 1.63. The first-order valence-corrected chi connectivity index (χ1v) is 6.96. The van der Waals surface area contributed by atoms with Crippen molar-refractivity contribution >= 4 is 29.3 Å². The Morgan fingerprint density at radius 2 is 2.00 bits per heavy atom. The van der Waals surface area contributed by atoms with E-state index in [0.29, 0.717) is 5.02 Å². The van der Waals surface area contributed by atoms with E-state index in [0.717, 1.165) is 10.6 Å². The van der Waals surface area contributed by atoms with E-state index in [1.54, 1.807) is 18.3 Å². The number of rotatable bonds is 5. The maximum absolute atomic E-state index is 11.0. The van der Waals surface area contributed by atoms with Crippen LogP contribution in [-0.4, -0.2) is 16.1 Å². The Kier molecular flexibility index (Phi) is 4.82. The average Bonchev–Trinajstić information content (AvgIpc) is 2.41. The number of pyridine rings is 1. The van der Waals surface area contributed by atoms with Crippen molar-refractivity contribution in [1.82, 2.24) is 4.98 Å². The number of thioether (sulfide) groups is 1. The molecule has 0 aliphatic carbocycles. The number of hydrogen-bond acceptors (Lipinski definition) is 3. The second-order valence-corrected chi connectivity index (χ2v) is 5.59. The molecule has 1 aromatic carbocycles. The predicted octanol–water partition coefficient (Wildman–Crippen LogP) is 4.04. The summed E-state index contributed by atoms with van der Waals surface area (Å²) in [5, 5.41) is 10.2. The Labute approximate surface area is 120 Å². The number of carboxylic acid groups (broad SMARTS) is 1. The highest BCUT2D eigenvalue weighted by atomic mass is 35.5. The molecular formula is C14H12ClNO2S. The first-order chi connectivity index (χ1) is 9.15. The van der Waals surface area contributed by atoms with Gasteiger partial charge < -0.3 is 5.11 Å². The van der Waals surface area contributed by atoms with E-state index in [4.69, 9.17) is 16.7 Å². The number of nitrogens with zero attached hydrogens (tertiary/aromatic N) is 1. The van der Waals surface area contributed by atoms with Gasteiger partial charge in [-0.2, -0.15) is 0 Å². The van der Waals surface area contributed by atoms with Crippen molar-refractivity contribution in [2.45, 2.75) is 16.7 Å². The van der Waals surface area contributed by atoms with Gasteiger partial charge in [0.05, 0.1) is 16.5 Å². The van der Waals surface area contributed by atoms with Crippen LogP contribution >= 0.6 is 23.4 Å². The summed E-state index contributed by atoms with van der Waals surface area (Å²) < 4.78 is 0. The van der Waals surface area contributed by atoms with Gasteiger partial charge in [0, 0.05) is 11.4 Å². The van der Waals surface area contributed by atoms with Gasteiger partial charge in [-0.3, -0.25) is 4.79 Å². The van der Waals surface area contributed by atoms with E-state index in [2.05, 4.69) is 4.98 Å². The molecule has 1 aromatic heterocycles. The lowest BCUT2D eigenvalue weighted by Crippen LogP contribution is -2.03. The third-order valence-corrected chi connectivity index (χ3v) is 3.92. The minimum absolute atomic E-state index is 0.0546. The van der Waals surface area contributed by atoms with E-state index in [1.807, 2.05) is 30.3 Å². The average molecular weight is 294 g/mol. The normalized spacial score (nSPS) is 12.1. The number of carbonyl (C=O) groups is 1. The van der Waals surface area contributed by atoms with Gasteiger partial charge in [0.15, 0.2) is 0 Å². The molecule has 0 aliphatic heterocycles. The summed E-state index contributed by atoms with van der Waals surface area (Å²) in [5.74, 6) is -0.824. The van der Waals surface area contributed by atoms with E-state index in [-0.39, 0.29) is 11.7 Å². The lowest BCUT2D eigenvalue weighted by atomic mass is 10.1. The quantitative estimate of drug-likeness (QED) is 0.845. The van der Waals surface area contributed by atoms with Crippen LogP contribution in [0.25, 0.3) is 0 Å². The molecule has 1 N–H and O–H groups in total. The second-order valence-electron chi connectivity index (χ2n) is 3.93. The smallest absolute Gasteiger partial charge is 0.304 e. The molecule has 98 valence electrons. The number of aromatic nitrogens is 1. The third-order valence-electron chi connectivity index (χ3n) is 2.49. The van der Waals surface area contributed by atoms with Gasteiger partial charge in [0.1, 0.15) is 0 Å². The maximum atomic E-state index is 11.0. The van der Waals surface area contributed by atoms with Crippen LogP contribution < -0.4 is 0 Å². The molecule has 0 radical (unpaired) electrons. The summed E-state index contributed by atoms with van der Waals surface area (Å²) in [4.78, 5) is 15.2. The zero-order valence-electron chi connectivity index (χ0n) is 9.99. The number of halogens is 1. The highest BCUT2D eigenvalue weighted by Crippen LogP contribution is 2.36. The number of aliphatic carboxylic acids is 1. The molecule has 5 heteroatoms. The van der Waals surface area contributed by atoms with E-state index < -0.39 is 5.97 Å². The molecule has 2 aromatic rings. The summed E-state index contributed by atoms with van der Waals surface area (Å²) >= 11 is 7.21. The highest BCUT2D eigenvalue weighted by molar-refractivity contribution is 7.99. The highest BCUT2D eigenvalue weighted by Gasteiger charge is 2.17. The van der Waals surface area contributed by atoms with Gasteiger partial charge >= 0.3 is 5.97 Å². The van der Waals surface area contributed by atoms with Crippen LogP contribution in [0.15, 0.2) is 53.7 Å². The molecule has 0 bridgehead atoms. The van der Waals surface area contributed by atoms with E-state index in [9.17, 15) is 4.79 Å². The van der Waals surface area contributed by atoms with Gasteiger partial charge in [-0.15, -0.1) is 0 Å². The van der Waals surface area contributed by atoms with Crippen LogP contribution in [0.3, 0.4) is 0 Å². The van der Waals surface area contributed by atoms with E-state index in [1.165, 1.54) is 11.8 Å². The molecule has 3 nitrogen and oxygen atoms in total. The fraction of sp³-hybridized carbons (Fsp3) is 0.143. The molecule has 0 spiro atoms. The van der Waals surface area contributed by atoms with Gasteiger partial charge in [0.25, 0.3) is 0 Å². The summed E-state index contributed by atoms with van der Waals surface area (Å²) in [7, 11) is 0. The molecular weight excluding hydrogens is 282 g/mol. The molecule has 1 atom stereocenters. The van der Waals surface area contributed by atoms with Crippen LogP contribution in [0.1, 0.15) is 17.2 Å². The minimum Gasteiger partial charge on any atom is -0.481 e. The molecule has 1 heterocycles. The first-order valence-electron chi connectivity index (χ1n) is 5.70. The van der Waals surface area contributed by atoms with Crippen LogP contribution in [0, 0.1) is 0 Å². The van der Waals surface area contributed by atoms with Crippen LogP contribution in [0.5, 0.6) is 0 Å². The van der Waals surface area contributed by atoms with Crippen molar-refractivity contribution < 1.29 is 9.90 Å². The van der Waals surface area contributed by atoms with Crippen molar-refractivity contribution in [2.75, 3.05) is 0 Å². The monoisotopic (exact) mass is 293 g/mol. The first kappa shape index (κ1) is 13.9. The fourth-order valence-corrected chi connectivity index (χ4v) is 2.81. The summed E-state index contributed by atoms with van der Waals surface area (Å²) in [6, 6.07) is 13.1. The standard InChI is InChI=1S/C14H12ClNO2S/c15-11-6-7-13(16-9-11)19-12(8-14(17)18)10-4-2-1-3-5-10/h1-7,9,12H,8H2,(H,17,18). The van der Waals surface area contributed by atoms with E-state index >= 15 is 0 Å². The lowest BCUT2D eigenvalue weighted by molar-refractivity contribution is -0.137. The molecule has 0 aliphatic rings. The SMILES string of the molecule is O=C(O)CC(Sc1ccc(Cl)cn1)c1ccccc1. The van der Waals surface area contributed by atoms with Gasteiger partial charge in [-0.1, -0.05) is 53.7 Å². The van der Waals surface area contributed by atoms with Crippen LogP contribution in [-0.2, 0) is 4.79 Å². The lowest BCUT2D eigenvalue weighted by Gasteiger charge is -2.14. The number of benzene rings is 1. The third kappa shape index (κ3) is 4.26. The summed E-state index contributed by atoms with van der Waals surface area (Å²) in [6.07, 6.45) is 1.62. The van der Waals surface area contributed by atoms with Crippen LogP contribution in [0.2, 0.25) is 5.02 Å². The summed E-state index contributed by atoms with van der Waals surface area (Å²) in [6.45, 7) is 0.